The minimum atomic E-state index is -0.433. The van der Waals surface area contributed by atoms with Crippen LogP contribution in [0.25, 0.3) is 0 Å². The molecule has 146 valence electrons. The van der Waals surface area contributed by atoms with Gasteiger partial charge in [-0.15, -0.1) is 0 Å². The topological polar surface area (TPSA) is 99.8 Å². The second kappa shape index (κ2) is 9.03. The van der Waals surface area contributed by atoms with Gasteiger partial charge in [0.15, 0.2) is 5.96 Å². The molecule has 0 aromatic heterocycles. The molecule has 0 radical (unpaired) electrons. The number of rotatable bonds is 6. The van der Waals surface area contributed by atoms with E-state index in [1.54, 1.807) is 19.2 Å². The molecule has 0 aliphatic carbocycles. The molecule has 1 heterocycles. The average Bonchev–Trinajstić information content (AvgIpc) is 3.15. The standard InChI is InChI=1S/C21H25N5O2/c1-23-21(24-13-15-4-8-17(9-5-15)20(22)28)25-14-16-6-10-18(11-7-16)26-12-2-3-19(26)27/h4-11H,2-3,12-14H2,1H3,(H2,22,28)(H2,23,24,25). The van der Waals surface area contributed by atoms with E-state index in [9.17, 15) is 9.59 Å². The fourth-order valence-corrected chi connectivity index (χ4v) is 3.09. The van der Waals surface area contributed by atoms with Gasteiger partial charge >= 0.3 is 0 Å². The Morgan fingerprint density at radius 3 is 2.07 bits per heavy atom. The number of hydrogen-bond acceptors (Lipinski definition) is 3. The summed E-state index contributed by atoms with van der Waals surface area (Å²) in [6, 6.07) is 15.1. The van der Waals surface area contributed by atoms with Crippen molar-refractivity contribution in [2.75, 3.05) is 18.5 Å². The van der Waals surface area contributed by atoms with Crippen LogP contribution in [0.4, 0.5) is 5.69 Å². The average molecular weight is 379 g/mol. The number of nitrogens with one attached hydrogen (secondary N) is 2. The lowest BCUT2D eigenvalue weighted by molar-refractivity contribution is -0.117. The molecule has 1 saturated heterocycles. The maximum Gasteiger partial charge on any atom is 0.248 e. The molecule has 0 atom stereocenters. The first-order valence-corrected chi connectivity index (χ1v) is 9.29. The van der Waals surface area contributed by atoms with Crippen LogP contribution in [0.3, 0.4) is 0 Å². The van der Waals surface area contributed by atoms with Gasteiger partial charge in [-0.2, -0.15) is 0 Å². The number of nitrogens with zero attached hydrogens (tertiary/aromatic N) is 2. The second-order valence-corrected chi connectivity index (χ2v) is 6.66. The Labute approximate surface area is 164 Å². The quantitative estimate of drug-likeness (QED) is 0.526. The first-order valence-electron chi connectivity index (χ1n) is 9.29. The van der Waals surface area contributed by atoms with Crippen molar-refractivity contribution >= 4 is 23.5 Å². The molecular formula is C21H25N5O2. The van der Waals surface area contributed by atoms with Crippen LogP contribution < -0.4 is 21.3 Å². The van der Waals surface area contributed by atoms with Crippen LogP contribution >= 0.6 is 0 Å². The van der Waals surface area contributed by atoms with Gasteiger partial charge in [-0.25, -0.2) is 0 Å². The summed E-state index contributed by atoms with van der Waals surface area (Å²) >= 11 is 0. The summed E-state index contributed by atoms with van der Waals surface area (Å²) in [7, 11) is 1.72. The summed E-state index contributed by atoms with van der Waals surface area (Å²) in [5.74, 6) is 0.439. The maximum atomic E-state index is 11.8. The van der Waals surface area contributed by atoms with Crippen molar-refractivity contribution in [1.29, 1.82) is 0 Å². The second-order valence-electron chi connectivity index (χ2n) is 6.66. The normalized spacial score (nSPS) is 14.2. The number of amides is 2. The number of carbonyl (C=O) groups is 2. The molecule has 2 aromatic rings. The molecule has 1 aliphatic heterocycles. The van der Waals surface area contributed by atoms with Gasteiger partial charge in [0.05, 0.1) is 0 Å². The SMILES string of the molecule is CN=C(NCc1ccc(C(N)=O)cc1)NCc1ccc(N2CCCC2=O)cc1. The van der Waals surface area contributed by atoms with Crippen molar-refractivity contribution in [2.24, 2.45) is 10.7 Å². The third kappa shape index (κ3) is 4.88. The summed E-state index contributed by atoms with van der Waals surface area (Å²) in [5, 5.41) is 6.50. The Bertz CT molecular complexity index is 859. The van der Waals surface area contributed by atoms with E-state index in [1.165, 1.54) is 0 Å². The minimum absolute atomic E-state index is 0.194. The Balaban J connectivity index is 1.49. The van der Waals surface area contributed by atoms with Gasteiger partial charge in [0.25, 0.3) is 0 Å². The summed E-state index contributed by atoms with van der Waals surface area (Å²) in [6.07, 6.45) is 1.56. The van der Waals surface area contributed by atoms with Crippen LogP contribution in [0.15, 0.2) is 53.5 Å². The number of primary amides is 1. The highest BCUT2D eigenvalue weighted by Crippen LogP contribution is 2.21. The zero-order valence-electron chi connectivity index (χ0n) is 15.9. The van der Waals surface area contributed by atoms with E-state index in [-0.39, 0.29) is 5.91 Å². The van der Waals surface area contributed by atoms with Crippen molar-refractivity contribution in [2.45, 2.75) is 25.9 Å². The van der Waals surface area contributed by atoms with Crippen molar-refractivity contribution < 1.29 is 9.59 Å². The fourth-order valence-electron chi connectivity index (χ4n) is 3.09. The summed E-state index contributed by atoms with van der Waals surface area (Å²) in [4.78, 5) is 29.0. The molecule has 0 bridgehead atoms. The third-order valence-electron chi connectivity index (χ3n) is 4.70. The molecule has 7 nitrogen and oxygen atoms in total. The van der Waals surface area contributed by atoms with E-state index in [2.05, 4.69) is 15.6 Å². The van der Waals surface area contributed by atoms with Gasteiger partial charge in [0.1, 0.15) is 0 Å². The Morgan fingerprint density at radius 1 is 1.04 bits per heavy atom. The van der Waals surface area contributed by atoms with E-state index >= 15 is 0 Å². The van der Waals surface area contributed by atoms with Gasteiger partial charge in [0.2, 0.25) is 11.8 Å². The van der Waals surface area contributed by atoms with Crippen molar-refractivity contribution in [3.63, 3.8) is 0 Å². The Kier molecular flexibility index (Phi) is 6.26. The van der Waals surface area contributed by atoms with E-state index in [0.29, 0.717) is 31.0 Å². The summed E-state index contributed by atoms with van der Waals surface area (Å²) in [5.41, 5.74) is 8.82. The highest BCUT2D eigenvalue weighted by atomic mass is 16.2. The summed E-state index contributed by atoms with van der Waals surface area (Å²) < 4.78 is 0. The van der Waals surface area contributed by atoms with Gasteiger partial charge in [-0.1, -0.05) is 24.3 Å². The predicted molar refractivity (Wildman–Crippen MR) is 110 cm³/mol. The van der Waals surface area contributed by atoms with E-state index in [0.717, 1.165) is 29.8 Å². The van der Waals surface area contributed by atoms with E-state index < -0.39 is 5.91 Å². The molecule has 2 amide bonds. The van der Waals surface area contributed by atoms with Crippen LogP contribution in [0, 0.1) is 0 Å². The lowest BCUT2D eigenvalue weighted by Crippen LogP contribution is -2.36. The van der Waals surface area contributed by atoms with Crippen molar-refractivity contribution in [1.82, 2.24) is 10.6 Å². The number of anilines is 1. The number of aliphatic imine (C=N–C) groups is 1. The molecule has 28 heavy (non-hydrogen) atoms. The third-order valence-corrected chi connectivity index (χ3v) is 4.70. The zero-order chi connectivity index (χ0) is 19.9. The van der Waals surface area contributed by atoms with Crippen LogP contribution in [0.2, 0.25) is 0 Å². The van der Waals surface area contributed by atoms with Crippen molar-refractivity contribution in [3.05, 3.63) is 65.2 Å². The predicted octanol–water partition coefficient (Wildman–Crippen LogP) is 1.78. The van der Waals surface area contributed by atoms with Gasteiger partial charge in [0, 0.05) is 44.4 Å². The molecule has 7 heteroatoms. The molecule has 0 unspecified atom stereocenters. The molecule has 0 saturated carbocycles. The first-order chi connectivity index (χ1) is 13.6. The van der Waals surface area contributed by atoms with E-state index in [1.807, 2.05) is 41.3 Å². The number of nitrogens with two attached hydrogens (primary N) is 1. The van der Waals surface area contributed by atoms with Crippen LogP contribution in [0.1, 0.15) is 34.3 Å². The molecule has 4 N–H and O–H groups in total. The lowest BCUT2D eigenvalue weighted by Gasteiger charge is -2.16. The molecule has 1 aliphatic rings. The Hall–Kier alpha value is -3.35. The first kappa shape index (κ1) is 19.4. The number of carbonyl (C=O) groups excluding carboxylic acids is 2. The van der Waals surface area contributed by atoms with Gasteiger partial charge in [-0.3, -0.25) is 14.6 Å². The zero-order valence-corrected chi connectivity index (χ0v) is 15.9. The molecule has 1 fully saturated rings. The fraction of sp³-hybridized carbons (Fsp3) is 0.286. The number of guanidine groups is 1. The van der Waals surface area contributed by atoms with Crippen LogP contribution in [-0.4, -0.2) is 31.4 Å². The number of benzene rings is 2. The Morgan fingerprint density at radius 2 is 1.61 bits per heavy atom. The molecule has 2 aromatic carbocycles. The highest BCUT2D eigenvalue weighted by molar-refractivity contribution is 5.95. The lowest BCUT2D eigenvalue weighted by atomic mass is 10.1. The monoisotopic (exact) mass is 379 g/mol. The van der Waals surface area contributed by atoms with Gasteiger partial charge in [-0.05, 0) is 41.8 Å². The van der Waals surface area contributed by atoms with Crippen molar-refractivity contribution in [3.8, 4) is 0 Å². The van der Waals surface area contributed by atoms with Crippen LogP contribution in [0.5, 0.6) is 0 Å². The number of hydrogen-bond donors (Lipinski definition) is 3. The highest BCUT2D eigenvalue weighted by Gasteiger charge is 2.21. The minimum Gasteiger partial charge on any atom is -0.366 e. The van der Waals surface area contributed by atoms with E-state index in [4.69, 9.17) is 5.73 Å². The molecule has 0 spiro atoms. The molecular weight excluding hydrogens is 354 g/mol. The smallest absolute Gasteiger partial charge is 0.248 e. The van der Waals surface area contributed by atoms with Gasteiger partial charge < -0.3 is 21.3 Å². The maximum absolute atomic E-state index is 11.8. The molecule has 3 rings (SSSR count). The van der Waals surface area contributed by atoms with Crippen LogP contribution in [-0.2, 0) is 17.9 Å². The largest absolute Gasteiger partial charge is 0.366 e. The summed E-state index contributed by atoms with van der Waals surface area (Å²) in [6.45, 7) is 2.00.